The summed E-state index contributed by atoms with van der Waals surface area (Å²) in [6.07, 6.45) is 0. The van der Waals surface area contributed by atoms with Gasteiger partial charge in [-0.1, -0.05) is 72.8 Å². The van der Waals surface area contributed by atoms with Crippen molar-refractivity contribution in [3.63, 3.8) is 0 Å². The third-order valence-corrected chi connectivity index (χ3v) is 7.13. The molecule has 3 aromatic heterocycles. The number of hydrogen-bond donors (Lipinski definition) is 0. The third kappa shape index (κ3) is 3.39. The molecule has 8 rings (SSSR count). The van der Waals surface area contributed by atoms with Crippen LogP contribution in [0.4, 0.5) is 0 Å². The van der Waals surface area contributed by atoms with Crippen LogP contribution in [0, 0.1) is 0 Å². The van der Waals surface area contributed by atoms with Crippen LogP contribution in [0.25, 0.3) is 62.0 Å². The van der Waals surface area contributed by atoms with Crippen LogP contribution >= 0.6 is 0 Å². The van der Waals surface area contributed by atoms with Crippen LogP contribution in [0.2, 0.25) is 0 Å². The minimum atomic E-state index is 0.695. The summed E-state index contributed by atoms with van der Waals surface area (Å²) in [5.74, 6) is 2.38. The molecule has 0 atom stereocenters. The summed E-state index contributed by atoms with van der Waals surface area (Å²) in [5, 5.41) is 4.89. The molecular weight excluding hydrogens is 480 g/mol. The van der Waals surface area contributed by atoms with Crippen molar-refractivity contribution < 1.29 is 0 Å². The monoisotopic (exact) mass is 502 g/mol. The van der Waals surface area contributed by atoms with Crippen LogP contribution in [0.15, 0.2) is 133 Å². The molecule has 0 bridgehead atoms. The SMILES string of the molecule is c1ccc(-c2nc(-c3ccc(-n4c5ccccc5n5c6ccccc6nc45)cc3)n(-c3ccccc3)n2)cc1. The number of rotatable bonds is 4. The number of para-hydroxylation sites is 5. The van der Waals surface area contributed by atoms with E-state index in [-0.39, 0.29) is 0 Å². The van der Waals surface area contributed by atoms with E-state index in [9.17, 15) is 0 Å². The van der Waals surface area contributed by atoms with Gasteiger partial charge in [-0.3, -0.25) is 8.97 Å². The average molecular weight is 503 g/mol. The van der Waals surface area contributed by atoms with E-state index in [2.05, 4.69) is 75.7 Å². The molecule has 39 heavy (non-hydrogen) atoms. The van der Waals surface area contributed by atoms with Gasteiger partial charge in [-0.25, -0.2) is 14.6 Å². The minimum Gasteiger partial charge on any atom is -0.278 e. The van der Waals surface area contributed by atoms with Crippen molar-refractivity contribution in [3.05, 3.63) is 133 Å². The Morgan fingerprint density at radius 3 is 1.87 bits per heavy atom. The fourth-order valence-electron chi connectivity index (χ4n) is 5.32. The van der Waals surface area contributed by atoms with Gasteiger partial charge in [0.25, 0.3) is 0 Å². The number of hydrogen-bond acceptors (Lipinski definition) is 3. The van der Waals surface area contributed by atoms with Gasteiger partial charge in [-0.15, -0.1) is 5.10 Å². The highest BCUT2D eigenvalue weighted by Crippen LogP contribution is 2.31. The summed E-state index contributed by atoms with van der Waals surface area (Å²) in [6, 6.07) is 45.4. The lowest BCUT2D eigenvalue weighted by Gasteiger charge is -2.08. The number of aromatic nitrogens is 6. The highest BCUT2D eigenvalue weighted by Gasteiger charge is 2.18. The lowest BCUT2D eigenvalue weighted by molar-refractivity contribution is 0.890. The fraction of sp³-hybridized carbons (Fsp3) is 0. The third-order valence-electron chi connectivity index (χ3n) is 7.13. The maximum Gasteiger partial charge on any atom is 0.220 e. The van der Waals surface area contributed by atoms with Gasteiger partial charge in [0, 0.05) is 16.8 Å². The van der Waals surface area contributed by atoms with Gasteiger partial charge in [0.15, 0.2) is 11.6 Å². The van der Waals surface area contributed by atoms with Crippen molar-refractivity contribution in [2.24, 2.45) is 0 Å². The summed E-state index contributed by atoms with van der Waals surface area (Å²) in [4.78, 5) is 9.98. The predicted molar refractivity (Wildman–Crippen MR) is 155 cm³/mol. The second kappa shape index (κ2) is 8.53. The number of nitrogens with zero attached hydrogens (tertiary/aromatic N) is 6. The van der Waals surface area contributed by atoms with Gasteiger partial charge in [0.1, 0.15) is 0 Å². The first-order valence-corrected chi connectivity index (χ1v) is 12.9. The van der Waals surface area contributed by atoms with Crippen molar-refractivity contribution in [3.8, 4) is 34.2 Å². The molecule has 184 valence electrons. The largest absolute Gasteiger partial charge is 0.278 e. The Morgan fingerprint density at radius 2 is 1.10 bits per heavy atom. The van der Waals surface area contributed by atoms with E-state index in [1.54, 1.807) is 0 Å². The Hall–Kier alpha value is -5.49. The van der Waals surface area contributed by atoms with Gasteiger partial charge in [-0.05, 0) is 60.7 Å². The standard InChI is InChI=1S/C33H22N6/c1-3-11-23(12-4-1)31-35-32(39(36-31)26-13-5-2-6-14-26)24-19-21-25(22-20-24)37-29-17-9-10-18-30(29)38-28-16-8-7-15-27(28)34-33(37)38/h1-22H. The number of imidazole rings is 2. The van der Waals surface area contributed by atoms with Crippen molar-refractivity contribution >= 4 is 27.8 Å². The van der Waals surface area contributed by atoms with Gasteiger partial charge in [0.05, 0.1) is 27.8 Å². The molecule has 0 aliphatic rings. The van der Waals surface area contributed by atoms with Crippen molar-refractivity contribution in [2.75, 3.05) is 0 Å². The van der Waals surface area contributed by atoms with Crippen LogP contribution in [0.5, 0.6) is 0 Å². The highest BCUT2D eigenvalue weighted by atomic mass is 15.4. The van der Waals surface area contributed by atoms with E-state index in [4.69, 9.17) is 15.1 Å². The second-order valence-corrected chi connectivity index (χ2v) is 9.48. The fourth-order valence-corrected chi connectivity index (χ4v) is 5.32. The van der Waals surface area contributed by atoms with E-state index >= 15 is 0 Å². The summed E-state index contributed by atoms with van der Waals surface area (Å²) >= 11 is 0. The van der Waals surface area contributed by atoms with E-state index in [0.29, 0.717) is 5.82 Å². The molecule has 6 nitrogen and oxygen atoms in total. The van der Waals surface area contributed by atoms with Crippen molar-refractivity contribution in [2.45, 2.75) is 0 Å². The molecule has 5 aromatic carbocycles. The molecule has 0 aliphatic carbocycles. The highest BCUT2D eigenvalue weighted by molar-refractivity contribution is 5.92. The molecule has 6 heteroatoms. The molecule has 0 spiro atoms. The lowest BCUT2D eigenvalue weighted by Crippen LogP contribution is -2.00. The van der Waals surface area contributed by atoms with Gasteiger partial charge in [-0.2, -0.15) is 0 Å². The first-order valence-electron chi connectivity index (χ1n) is 12.9. The van der Waals surface area contributed by atoms with Crippen molar-refractivity contribution in [1.82, 2.24) is 28.7 Å². The molecule has 3 heterocycles. The smallest absolute Gasteiger partial charge is 0.220 e. The maximum absolute atomic E-state index is 5.00. The molecule has 0 fully saturated rings. The molecule has 0 amide bonds. The number of benzene rings is 5. The van der Waals surface area contributed by atoms with E-state index in [1.807, 2.05) is 71.4 Å². The van der Waals surface area contributed by atoms with Gasteiger partial charge < -0.3 is 0 Å². The van der Waals surface area contributed by atoms with Crippen molar-refractivity contribution in [1.29, 1.82) is 0 Å². The Balaban J connectivity index is 1.30. The molecular formula is C33H22N6. The Labute approximate surface area is 224 Å². The van der Waals surface area contributed by atoms with Crippen LogP contribution in [-0.2, 0) is 0 Å². The summed E-state index contributed by atoms with van der Waals surface area (Å²) in [6.45, 7) is 0. The number of fused-ring (bicyclic) bond motifs is 5. The van der Waals surface area contributed by atoms with E-state index in [0.717, 1.165) is 56.2 Å². The zero-order valence-corrected chi connectivity index (χ0v) is 20.9. The molecule has 8 aromatic rings. The topological polar surface area (TPSA) is 52.9 Å². The zero-order valence-electron chi connectivity index (χ0n) is 20.9. The van der Waals surface area contributed by atoms with E-state index in [1.165, 1.54) is 0 Å². The van der Waals surface area contributed by atoms with Gasteiger partial charge >= 0.3 is 0 Å². The van der Waals surface area contributed by atoms with Crippen LogP contribution < -0.4 is 0 Å². The maximum atomic E-state index is 5.00. The first-order chi connectivity index (χ1) is 19.3. The Morgan fingerprint density at radius 1 is 0.462 bits per heavy atom. The Bertz CT molecular complexity index is 2100. The molecule has 0 unspecified atom stereocenters. The minimum absolute atomic E-state index is 0.695. The molecule has 0 saturated heterocycles. The predicted octanol–water partition coefficient (Wildman–Crippen LogP) is 7.35. The molecule has 0 N–H and O–H groups in total. The van der Waals surface area contributed by atoms with Crippen LogP contribution in [0.1, 0.15) is 0 Å². The quantitative estimate of drug-likeness (QED) is 0.253. The lowest BCUT2D eigenvalue weighted by atomic mass is 10.1. The average Bonchev–Trinajstić information content (AvgIpc) is 3.70. The van der Waals surface area contributed by atoms with Gasteiger partial charge in [0.2, 0.25) is 5.78 Å². The Kier molecular flexibility index (Phi) is 4.72. The first kappa shape index (κ1) is 21.6. The summed E-state index contributed by atoms with van der Waals surface area (Å²) in [5.41, 5.74) is 8.29. The second-order valence-electron chi connectivity index (χ2n) is 9.48. The molecule has 0 radical (unpaired) electrons. The molecule has 0 aliphatic heterocycles. The zero-order chi connectivity index (χ0) is 25.8. The normalized spacial score (nSPS) is 11.6. The summed E-state index contributed by atoms with van der Waals surface area (Å²) < 4.78 is 6.37. The molecule has 0 saturated carbocycles. The van der Waals surface area contributed by atoms with E-state index < -0.39 is 0 Å². The summed E-state index contributed by atoms with van der Waals surface area (Å²) in [7, 11) is 0. The van der Waals surface area contributed by atoms with Crippen LogP contribution in [-0.4, -0.2) is 28.7 Å². The van der Waals surface area contributed by atoms with Crippen LogP contribution in [0.3, 0.4) is 0 Å².